The number of carbonyl (C=O) groups is 1. The number of rotatable bonds is 6. The molecule has 0 heterocycles. The van der Waals surface area contributed by atoms with Gasteiger partial charge in [-0.2, -0.15) is 0 Å². The van der Waals surface area contributed by atoms with Crippen LogP contribution in [0.15, 0.2) is 35.2 Å². The van der Waals surface area contributed by atoms with Gasteiger partial charge in [-0.3, -0.25) is 4.79 Å². The minimum absolute atomic E-state index is 0. The third-order valence-electron chi connectivity index (χ3n) is 2.06. The summed E-state index contributed by atoms with van der Waals surface area (Å²) < 4.78 is 0. The van der Waals surface area contributed by atoms with Crippen molar-refractivity contribution in [2.24, 2.45) is 5.73 Å². The molecular formula is C12H18ClNOS. The molecule has 0 spiro atoms. The normalized spacial score (nSPS) is 9.56. The van der Waals surface area contributed by atoms with Crippen molar-refractivity contribution in [1.82, 2.24) is 0 Å². The van der Waals surface area contributed by atoms with E-state index in [1.165, 1.54) is 11.8 Å². The molecule has 1 aromatic carbocycles. The number of halogens is 1. The monoisotopic (exact) mass is 259 g/mol. The van der Waals surface area contributed by atoms with E-state index in [9.17, 15) is 4.79 Å². The van der Waals surface area contributed by atoms with Gasteiger partial charge in [0.25, 0.3) is 0 Å². The molecule has 0 amide bonds. The summed E-state index contributed by atoms with van der Waals surface area (Å²) in [5.74, 6) is 0. The minimum atomic E-state index is 0. The molecule has 0 aliphatic heterocycles. The zero-order chi connectivity index (χ0) is 10.9. The smallest absolute Gasteiger partial charge is 0.193 e. The van der Waals surface area contributed by atoms with Crippen molar-refractivity contribution in [3.05, 3.63) is 30.3 Å². The largest absolute Gasteiger partial charge is 0.330 e. The first-order valence-corrected chi connectivity index (χ1v) is 6.10. The molecule has 0 aromatic heterocycles. The maximum Gasteiger partial charge on any atom is 0.193 e. The molecule has 16 heavy (non-hydrogen) atoms. The average molecular weight is 260 g/mol. The number of benzene rings is 1. The van der Waals surface area contributed by atoms with Gasteiger partial charge >= 0.3 is 0 Å². The highest BCUT2D eigenvalue weighted by Gasteiger charge is 2.03. The van der Waals surface area contributed by atoms with Crippen LogP contribution in [0.5, 0.6) is 0 Å². The summed E-state index contributed by atoms with van der Waals surface area (Å²) in [6.07, 6.45) is 3.68. The van der Waals surface area contributed by atoms with Crippen molar-refractivity contribution >= 4 is 29.3 Å². The number of hydrogen-bond donors (Lipinski definition) is 1. The molecule has 1 rings (SSSR count). The third kappa shape index (κ3) is 6.88. The van der Waals surface area contributed by atoms with Crippen LogP contribution in [0.1, 0.15) is 25.7 Å². The van der Waals surface area contributed by atoms with Crippen molar-refractivity contribution in [1.29, 1.82) is 0 Å². The van der Waals surface area contributed by atoms with Crippen LogP contribution >= 0.6 is 24.2 Å². The van der Waals surface area contributed by atoms with E-state index in [1.807, 2.05) is 30.3 Å². The van der Waals surface area contributed by atoms with E-state index in [1.54, 1.807) is 0 Å². The van der Waals surface area contributed by atoms with Crippen molar-refractivity contribution in [2.75, 3.05) is 6.54 Å². The molecule has 0 aliphatic carbocycles. The maximum atomic E-state index is 11.5. The highest BCUT2D eigenvalue weighted by molar-refractivity contribution is 8.13. The van der Waals surface area contributed by atoms with Crippen LogP contribution < -0.4 is 5.73 Å². The van der Waals surface area contributed by atoms with E-state index in [4.69, 9.17) is 5.73 Å². The zero-order valence-electron chi connectivity index (χ0n) is 9.22. The van der Waals surface area contributed by atoms with E-state index >= 15 is 0 Å². The minimum Gasteiger partial charge on any atom is -0.330 e. The Morgan fingerprint density at radius 3 is 2.44 bits per heavy atom. The Labute approximate surface area is 107 Å². The quantitative estimate of drug-likeness (QED) is 0.630. The first-order chi connectivity index (χ1) is 7.33. The SMILES string of the molecule is Cl.NCCCCCC(=O)Sc1ccccc1. The van der Waals surface area contributed by atoms with Gasteiger partial charge in [0, 0.05) is 11.3 Å². The van der Waals surface area contributed by atoms with Crippen LogP contribution in [0.3, 0.4) is 0 Å². The van der Waals surface area contributed by atoms with Gasteiger partial charge in [0.05, 0.1) is 0 Å². The molecule has 0 fully saturated rings. The summed E-state index contributed by atoms with van der Waals surface area (Å²) in [5, 5.41) is 0.248. The van der Waals surface area contributed by atoms with Crippen LogP contribution in [-0.2, 0) is 4.79 Å². The second kappa shape index (κ2) is 9.70. The number of nitrogens with two attached hydrogens (primary N) is 1. The lowest BCUT2D eigenvalue weighted by Gasteiger charge is -2.00. The van der Waals surface area contributed by atoms with Gasteiger partial charge in [-0.25, -0.2) is 0 Å². The van der Waals surface area contributed by atoms with Gasteiger partial charge in [-0.05, 0) is 31.5 Å². The Morgan fingerprint density at radius 2 is 1.81 bits per heavy atom. The van der Waals surface area contributed by atoms with Crippen LogP contribution in [0, 0.1) is 0 Å². The lowest BCUT2D eigenvalue weighted by Crippen LogP contribution is -1.98. The molecule has 4 heteroatoms. The number of unbranched alkanes of at least 4 members (excludes halogenated alkanes) is 2. The Hall–Kier alpha value is -0.510. The second-order valence-electron chi connectivity index (χ2n) is 3.39. The fourth-order valence-electron chi connectivity index (χ4n) is 1.26. The Morgan fingerprint density at radius 1 is 1.12 bits per heavy atom. The summed E-state index contributed by atoms with van der Waals surface area (Å²) >= 11 is 1.33. The Bertz CT molecular complexity index is 292. The van der Waals surface area contributed by atoms with Crippen LogP contribution in [-0.4, -0.2) is 11.7 Å². The predicted octanol–water partition coefficient (Wildman–Crippen LogP) is 3.25. The van der Waals surface area contributed by atoms with Crippen molar-refractivity contribution in [3.8, 4) is 0 Å². The fourth-order valence-corrected chi connectivity index (χ4v) is 2.06. The molecule has 1 aromatic rings. The summed E-state index contributed by atoms with van der Waals surface area (Å²) in [5.41, 5.74) is 5.38. The average Bonchev–Trinajstić information content (AvgIpc) is 2.26. The van der Waals surface area contributed by atoms with Crippen LogP contribution in [0.4, 0.5) is 0 Å². The first-order valence-electron chi connectivity index (χ1n) is 5.28. The fraction of sp³-hybridized carbons (Fsp3) is 0.417. The highest BCUT2D eigenvalue weighted by atomic mass is 35.5. The van der Waals surface area contributed by atoms with Crippen LogP contribution in [0.25, 0.3) is 0 Å². The first kappa shape index (κ1) is 15.5. The number of hydrogen-bond acceptors (Lipinski definition) is 3. The summed E-state index contributed by atoms with van der Waals surface area (Å²) in [7, 11) is 0. The topological polar surface area (TPSA) is 43.1 Å². The van der Waals surface area contributed by atoms with Crippen LogP contribution in [0.2, 0.25) is 0 Å². The van der Waals surface area contributed by atoms with Crippen molar-refractivity contribution in [2.45, 2.75) is 30.6 Å². The molecule has 90 valence electrons. The molecule has 0 aliphatic rings. The van der Waals surface area contributed by atoms with E-state index in [-0.39, 0.29) is 17.5 Å². The molecule has 0 bridgehead atoms. The summed E-state index contributed by atoms with van der Waals surface area (Å²) in [6.45, 7) is 0.722. The number of thioether (sulfide) groups is 1. The molecule has 0 atom stereocenters. The van der Waals surface area contributed by atoms with Crippen molar-refractivity contribution in [3.63, 3.8) is 0 Å². The van der Waals surface area contributed by atoms with Gasteiger partial charge in [-0.1, -0.05) is 36.4 Å². The van der Waals surface area contributed by atoms with E-state index < -0.39 is 0 Å². The molecule has 2 N–H and O–H groups in total. The highest BCUT2D eigenvalue weighted by Crippen LogP contribution is 2.20. The molecular weight excluding hydrogens is 242 g/mol. The Kier molecular flexibility index (Phi) is 9.39. The lowest BCUT2D eigenvalue weighted by molar-refractivity contribution is -0.111. The van der Waals surface area contributed by atoms with Gasteiger partial charge < -0.3 is 5.73 Å². The molecule has 0 saturated carbocycles. The van der Waals surface area contributed by atoms with Gasteiger partial charge in [-0.15, -0.1) is 12.4 Å². The van der Waals surface area contributed by atoms with E-state index in [2.05, 4.69) is 0 Å². The summed E-state index contributed by atoms with van der Waals surface area (Å²) in [6, 6.07) is 9.77. The maximum absolute atomic E-state index is 11.5. The molecule has 0 saturated heterocycles. The zero-order valence-corrected chi connectivity index (χ0v) is 10.9. The van der Waals surface area contributed by atoms with Gasteiger partial charge in [0.1, 0.15) is 0 Å². The third-order valence-corrected chi connectivity index (χ3v) is 3.00. The summed E-state index contributed by atoms with van der Waals surface area (Å²) in [4.78, 5) is 12.5. The second-order valence-corrected chi connectivity index (χ2v) is 4.52. The molecule has 2 nitrogen and oxygen atoms in total. The molecule has 0 unspecified atom stereocenters. The van der Waals surface area contributed by atoms with E-state index in [0.29, 0.717) is 6.42 Å². The molecule has 0 radical (unpaired) electrons. The Balaban J connectivity index is 0.00000225. The van der Waals surface area contributed by atoms with Gasteiger partial charge in [0.2, 0.25) is 0 Å². The predicted molar refractivity (Wildman–Crippen MR) is 72.1 cm³/mol. The van der Waals surface area contributed by atoms with Crippen molar-refractivity contribution < 1.29 is 4.79 Å². The van der Waals surface area contributed by atoms with E-state index in [0.717, 1.165) is 30.7 Å². The lowest BCUT2D eigenvalue weighted by atomic mass is 10.2. The standard InChI is InChI=1S/C12H17NOS.ClH/c13-10-6-2-5-9-12(14)15-11-7-3-1-4-8-11;/h1,3-4,7-8H,2,5-6,9-10,13H2;1H. The van der Waals surface area contributed by atoms with Gasteiger partial charge in [0.15, 0.2) is 5.12 Å². The number of carbonyl (C=O) groups excluding carboxylic acids is 1.